The smallest absolute Gasteiger partial charge is 0.277 e. The van der Waals surface area contributed by atoms with Gasteiger partial charge in [0.1, 0.15) is 5.70 Å². The van der Waals surface area contributed by atoms with E-state index >= 15 is 0 Å². The summed E-state index contributed by atoms with van der Waals surface area (Å²) in [5, 5.41) is 11.5. The number of ether oxygens (including phenoxy) is 1. The van der Waals surface area contributed by atoms with Gasteiger partial charge in [-0.1, -0.05) is 6.07 Å². The first-order chi connectivity index (χ1) is 10.1. The monoisotopic (exact) mass is 294 g/mol. The molecule has 2 N–H and O–H groups in total. The fraction of sp³-hybridized carbons (Fsp3) is 0.286. The molecule has 0 aromatic heterocycles. The fourth-order valence-electron chi connectivity index (χ4n) is 1.95. The number of nitrogens with one attached hydrogen (secondary N) is 1. The van der Waals surface area contributed by atoms with Crippen LogP contribution in [0.25, 0.3) is 0 Å². The molecule has 1 aliphatic heterocycles. The summed E-state index contributed by atoms with van der Waals surface area (Å²) in [5.74, 6) is -1.67. The van der Waals surface area contributed by atoms with Gasteiger partial charge in [-0.05, 0) is 19.1 Å². The number of para-hydroxylation sites is 1. The molecule has 0 radical (unpaired) electrons. The lowest BCUT2D eigenvalue weighted by Gasteiger charge is -2.15. The van der Waals surface area contributed by atoms with E-state index in [4.69, 9.17) is 9.84 Å². The molecular weight excluding hydrogens is 279 g/mol. The summed E-state index contributed by atoms with van der Waals surface area (Å²) in [4.78, 5) is 24.5. The first-order valence-electron chi connectivity index (χ1n) is 6.45. The molecule has 6 nitrogen and oxygen atoms in total. The van der Waals surface area contributed by atoms with Crippen LogP contribution in [-0.2, 0) is 9.59 Å². The second kappa shape index (κ2) is 6.36. The van der Waals surface area contributed by atoms with E-state index < -0.39 is 17.6 Å². The second-order valence-corrected chi connectivity index (χ2v) is 4.25. The minimum Gasteiger partial charge on any atom is -0.489 e. The summed E-state index contributed by atoms with van der Waals surface area (Å²) in [5.41, 5.74) is 0.273. The Morgan fingerprint density at radius 1 is 1.38 bits per heavy atom. The Hall–Kier alpha value is -2.41. The Bertz CT molecular complexity index is 601. The van der Waals surface area contributed by atoms with Crippen molar-refractivity contribution in [2.24, 2.45) is 0 Å². The van der Waals surface area contributed by atoms with Crippen LogP contribution in [-0.4, -0.2) is 41.6 Å². The van der Waals surface area contributed by atoms with E-state index in [2.05, 4.69) is 5.32 Å². The topological polar surface area (TPSA) is 78.9 Å². The number of carbonyl (C=O) groups is 2. The van der Waals surface area contributed by atoms with Gasteiger partial charge in [-0.3, -0.25) is 14.5 Å². The van der Waals surface area contributed by atoms with Crippen molar-refractivity contribution in [3.63, 3.8) is 0 Å². The molecule has 21 heavy (non-hydrogen) atoms. The van der Waals surface area contributed by atoms with E-state index in [1.54, 1.807) is 13.0 Å². The van der Waals surface area contributed by atoms with E-state index in [0.717, 1.165) is 11.0 Å². The normalized spacial score (nSPS) is 14.4. The van der Waals surface area contributed by atoms with Crippen LogP contribution < -0.4 is 10.1 Å². The summed E-state index contributed by atoms with van der Waals surface area (Å²) in [6, 6.07) is 4.25. The van der Waals surface area contributed by atoms with E-state index in [0.29, 0.717) is 0 Å². The highest BCUT2D eigenvalue weighted by atomic mass is 19.1. The molecule has 0 fully saturated rings. The molecule has 0 unspecified atom stereocenters. The van der Waals surface area contributed by atoms with Crippen LogP contribution in [0.15, 0.2) is 30.0 Å². The number of benzene rings is 1. The molecule has 7 heteroatoms. The minimum absolute atomic E-state index is 0.0123. The highest BCUT2D eigenvalue weighted by molar-refractivity contribution is 6.17. The molecule has 1 aliphatic rings. The molecule has 1 aromatic rings. The summed E-state index contributed by atoms with van der Waals surface area (Å²) in [6.07, 6.45) is 1.11. The van der Waals surface area contributed by atoms with Gasteiger partial charge in [0.05, 0.1) is 25.4 Å². The van der Waals surface area contributed by atoms with Crippen molar-refractivity contribution in [2.45, 2.75) is 6.92 Å². The maximum Gasteiger partial charge on any atom is 0.277 e. The lowest BCUT2D eigenvalue weighted by atomic mass is 10.2. The van der Waals surface area contributed by atoms with Gasteiger partial charge in [-0.25, -0.2) is 4.39 Å². The van der Waals surface area contributed by atoms with Crippen molar-refractivity contribution in [3.8, 4) is 5.75 Å². The Balaban J connectivity index is 2.23. The summed E-state index contributed by atoms with van der Waals surface area (Å²) < 4.78 is 18.9. The Morgan fingerprint density at radius 3 is 2.81 bits per heavy atom. The van der Waals surface area contributed by atoms with Crippen LogP contribution in [0.1, 0.15) is 6.92 Å². The number of halogens is 1. The van der Waals surface area contributed by atoms with Gasteiger partial charge in [0, 0.05) is 6.08 Å². The summed E-state index contributed by atoms with van der Waals surface area (Å²) >= 11 is 0. The maximum atomic E-state index is 13.7. The highest BCUT2D eigenvalue weighted by Gasteiger charge is 2.31. The molecular formula is C14H15FN2O4. The fourth-order valence-corrected chi connectivity index (χ4v) is 1.95. The number of hydrogen-bond acceptors (Lipinski definition) is 5. The largest absolute Gasteiger partial charge is 0.489 e. The number of hydrogen-bond donors (Lipinski definition) is 2. The van der Waals surface area contributed by atoms with E-state index in [9.17, 15) is 14.0 Å². The molecule has 1 aromatic carbocycles. The molecule has 2 rings (SSSR count). The number of carbonyl (C=O) groups excluding carboxylic acids is 2. The van der Waals surface area contributed by atoms with Gasteiger partial charge in [-0.15, -0.1) is 0 Å². The zero-order chi connectivity index (χ0) is 15.4. The van der Waals surface area contributed by atoms with E-state index in [1.165, 1.54) is 12.1 Å². The van der Waals surface area contributed by atoms with Crippen LogP contribution in [0, 0.1) is 5.82 Å². The Morgan fingerprint density at radius 2 is 2.14 bits per heavy atom. The molecule has 0 saturated heterocycles. The number of amides is 2. The van der Waals surface area contributed by atoms with Crippen molar-refractivity contribution < 1.29 is 23.8 Å². The van der Waals surface area contributed by atoms with Gasteiger partial charge < -0.3 is 15.2 Å². The number of aliphatic hydroxyl groups is 1. The Kier molecular flexibility index (Phi) is 4.54. The van der Waals surface area contributed by atoms with Gasteiger partial charge in [0.25, 0.3) is 11.8 Å². The minimum atomic E-state index is -0.569. The number of anilines is 1. The second-order valence-electron chi connectivity index (χ2n) is 4.25. The van der Waals surface area contributed by atoms with E-state index in [-0.39, 0.29) is 36.9 Å². The molecule has 0 aliphatic carbocycles. The predicted octanol–water partition coefficient (Wildman–Crippen LogP) is 0.881. The lowest BCUT2D eigenvalue weighted by Crippen LogP contribution is -2.34. The van der Waals surface area contributed by atoms with Gasteiger partial charge in [-0.2, -0.15) is 0 Å². The first-order valence-corrected chi connectivity index (χ1v) is 6.45. The molecule has 1 heterocycles. The lowest BCUT2D eigenvalue weighted by molar-refractivity contribution is -0.137. The maximum absolute atomic E-state index is 13.7. The van der Waals surface area contributed by atoms with Crippen LogP contribution in [0.5, 0.6) is 5.75 Å². The zero-order valence-corrected chi connectivity index (χ0v) is 11.4. The number of imide groups is 1. The van der Waals surface area contributed by atoms with E-state index in [1.807, 2.05) is 0 Å². The molecule has 0 atom stereocenters. The number of β-amino-alcohol motifs (C(OH)–C–C–N with tert-alkyl or cyclic N) is 1. The van der Waals surface area contributed by atoms with Crippen molar-refractivity contribution in [2.75, 3.05) is 25.1 Å². The number of nitrogens with zero attached hydrogens (tertiary/aromatic N) is 1. The average molecular weight is 294 g/mol. The summed E-state index contributed by atoms with van der Waals surface area (Å²) in [7, 11) is 0. The predicted molar refractivity (Wildman–Crippen MR) is 73.1 cm³/mol. The van der Waals surface area contributed by atoms with Gasteiger partial charge in [0.15, 0.2) is 11.6 Å². The van der Waals surface area contributed by atoms with Crippen LogP contribution >= 0.6 is 0 Å². The third-order valence-electron chi connectivity index (χ3n) is 2.86. The van der Waals surface area contributed by atoms with Gasteiger partial charge in [0.2, 0.25) is 0 Å². The van der Waals surface area contributed by atoms with Crippen molar-refractivity contribution in [3.05, 3.63) is 35.8 Å². The molecule has 0 spiro atoms. The van der Waals surface area contributed by atoms with Crippen molar-refractivity contribution in [1.29, 1.82) is 0 Å². The highest BCUT2D eigenvalue weighted by Crippen LogP contribution is 2.29. The van der Waals surface area contributed by atoms with Crippen LogP contribution in [0.4, 0.5) is 10.1 Å². The molecule has 2 amide bonds. The van der Waals surface area contributed by atoms with Crippen LogP contribution in [0.3, 0.4) is 0 Å². The van der Waals surface area contributed by atoms with Crippen molar-refractivity contribution in [1.82, 2.24) is 4.90 Å². The zero-order valence-electron chi connectivity index (χ0n) is 11.4. The first kappa shape index (κ1) is 15.0. The standard InChI is InChI=1S/C14H15FN2O4/c1-2-21-13-9(15)4-3-5-10(13)16-11-8-12(19)17(6-7-18)14(11)20/h3-5,8,16,18H,2,6-7H2,1H3. The molecule has 0 bridgehead atoms. The average Bonchev–Trinajstić information content (AvgIpc) is 2.71. The molecule has 0 saturated carbocycles. The third kappa shape index (κ3) is 3.03. The number of rotatable bonds is 6. The molecule has 112 valence electrons. The summed E-state index contributed by atoms with van der Waals surface area (Å²) in [6.45, 7) is 1.57. The Labute approximate surface area is 120 Å². The van der Waals surface area contributed by atoms with Crippen molar-refractivity contribution >= 4 is 17.5 Å². The van der Waals surface area contributed by atoms with Crippen LogP contribution in [0.2, 0.25) is 0 Å². The third-order valence-corrected chi connectivity index (χ3v) is 2.86. The van der Waals surface area contributed by atoms with Gasteiger partial charge >= 0.3 is 0 Å². The SMILES string of the molecule is CCOc1c(F)cccc1NC1=CC(=O)N(CCO)C1=O. The number of aliphatic hydroxyl groups excluding tert-OH is 1. The quantitative estimate of drug-likeness (QED) is 0.762.